The molecule has 0 saturated heterocycles. The van der Waals surface area contributed by atoms with Crippen LogP contribution in [-0.2, 0) is 41.8 Å². The topological polar surface area (TPSA) is 99.6 Å². The van der Waals surface area contributed by atoms with Gasteiger partial charge in [0.2, 0.25) is 0 Å². The second-order valence-corrected chi connectivity index (χ2v) is 7.90. The van der Waals surface area contributed by atoms with Gasteiger partial charge in [0.05, 0.1) is 24.8 Å². The van der Waals surface area contributed by atoms with Gasteiger partial charge in [-0.05, 0) is 22.0 Å². The summed E-state index contributed by atoms with van der Waals surface area (Å²) in [5.41, 5.74) is 0.709. The Kier molecular flexibility index (Phi) is 5.44. The van der Waals surface area contributed by atoms with Crippen LogP contribution < -0.4 is 0 Å². The number of hydrogen-bond acceptors (Lipinski definition) is 7. The first-order chi connectivity index (χ1) is 8.57. The van der Waals surface area contributed by atoms with Gasteiger partial charge in [0, 0.05) is 16.2 Å². The van der Waals surface area contributed by atoms with E-state index in [2.05, 4.69) is 29.3 Å². The third kappa shape index (κ3) is 6.97. The van der Waals surface area contributed by atoms with E-state index in [0.717, 1.165) is 12.5 Å². The largest absolute Gasteiger partial charge is 0.265 e. The van der Waals surface area contributed by atoms with Crippen molar-refractivity contribution in [1.29, 1.82) is 0 Å². The lowest BCUT2D eigenvalue weighted by Crippen LogP contribution is -2.09. The van der Waals surface area contributed by atoms with Crippen molar-refractivity contribution in [3.63, 3.8) is 0 Å². The van der Waals surface area contributed by atoms with Crippen LogP contribution in [0, 0.1) is 0 Å². The maximum atomic E-state index is 10.9. The van der Waals surface area contributed by atoms with Crippen LogP contribution in [0.25, 0.3) is 0 Å². The zero-order valence-corrected chi connectivity index (χ0v) is 13.4. The highest BCUT2D eigenvalue weighted by Gasteiger charge is 2.11. The van der Waals surface area contributed by atoms with E-state index in [9.17, 15) is 16.8 Å². The Hall–Kier alpha value is -0.550. The van der Waals surface area contributed by atoms with Crippen LogP contribution in [0.3, 0.4) is 0 Å². The number of rotatable bonds is 6. The fourth-order valence-corrected chi connectivity index (χ4v) is 2.14. The van der Waals surface area contributed by atoms with Crippen LogP contribution in [0.1, 0.15) is 11.3 Å². The zero-order chi connectivity index (χ0) is 14.7. The third-order valence-electron chi connectivity index (χ3n) is 1.86. The molecule has 1 aromatic heterocycles. The first-order valence-corrected chi connectivity index (χ1v) is 9.31. The molecule has 0 unspecified atom stereocenters. The molecular weight excluding hydrogens is 362 g/mol. The first kappa shape index (κ1) is 16.5. The Morgan fingerprint density at radius 2 is 1.63 bits per heavy atom. The van der Waals surface area contributed by atoms with Gasteiger partial charge in [-0.2, -0.15) is 16.8 Å². The standard InChI is InChI=1S/C9H12BrNO6S2/c1-18(12,13)16-5-7-3-8(10)4-11-9(7)6-17-19(2,14)15/h3-4H,5-6H2,1-2H3. The minimum absolute atomic E-state index is 0.242. The summed E-state index contributed by atoms with van der Waals surface area (Å²) in [5.74, 6) is 0. The van der Waals surface area contributed by atoms with Crippen molar-refractivity contribution in [3.8, 4) is 0 Å². The highest BCUT2D eigenvalue weighted by atomic mass is 79.9. The van der Waals surface area contributed by atoms with Gasteiger partial charge in [-0.1, -0.05) is 0 Å². The Morgan fingerprint density at radius 3 is 2.16 bits per heavy atom. The molecule has 0 saturated carbocycles. The van der Waals surface area contributed by atoms with E-state index in [1.165, 1.54) is 6.20 Å². The highest BCUT2D eigenvalue weighted by Crippen LogP contribution is 2.17. The van der Waals surface area contributed by atoms with Crippen molar-refractivity contribution in [3.05, 3.63) is 28.0 Å². The van der Waals surface area contributed by atoms with Crippen LogP contribution in [0.4, 0.5) is 0 Å². The van der Waals surface area contributed by atoms with Gasteiger partial charge in [0.1, 0.15) is 6.61 Å². The van der Waals surface area contributed by atoms with Gasteiger partial charge >= 0.3 is 0 Å². The summed E-state index contributed by atoms with van der Waals surface area (Å²) in [7, 11) is -7.20. The smallest absolute Gasteiger partial charge is 0.264 e. The highest BCUT2D eigenvalue weighted by molar-refractivity contribution is 9.10. The second-order valence-electron chi connectivity index (χ2n) is 3.69. The van der Waals surface area contributed by atoms with E-state index in [-0.39, 0.29) is 18.9 Å². The Morgan fingerprint density at radius 1 is 1.11 bits per heavy atom. The van der Waals surface area contributed by atoms with Gasteiger partial charge in [-0.25, -0.2) is 0 Å². The molecule has 0 aliphatic heterocycles. The van der Waals surface area contributed by atoms with Crippen molar-refractivity contribution in [1.82, 2.24) is 4.98 Å². The van der Waals surface area contributed by atoms with Crippen molar-refractivity contribution < 1.29 is 25.2 Å². The van der Waals surface area contributed by atoms with E-state index < -0.39 is 20.2 Å². The Bertz CT molecular complexity index is 655. The van der Waals surface area contributed by atoms with Crippen LogP contribution in [0.5, 0.6) is 0 Å². The minimum atomic E-state index is -3.60. The molecule has 0 N–H and O–H groups in total. The summed E-state index contributed by atoms with van der Waals surface area (Å²) in [6, 6.07) is 1.58. The SMILES string of the molecule is CS(=O)(=O)OCc1cc(Br)cnc1COS(C)(=O)=O. The molecule has 19 heavy (non-hydrogen) atoms. The Labute approximate surface area is 120 Å². The summed E-state index contributed by atoms with van der Waals surface area (Å²) in [6.45, 7) is -0.525. The molecule has 0 bridgehead atoms. The maximum absolute atomic E-state index is 10.9. The quantitative estimate of drug-likeness (QED) is 0.679. The number of aromatic nitrogens is 1. The van der Waals surface area contributed by atoms with Crippen LogP contribution in [0.2, 0.25) is 0 Å². The minimum Gasteiger partial charge on any atom is -0.265 e. The van der Waals surface area contributed by atoms with Crippen molar-refractivity contribution in [2.45, 2.75) is 13.2 Å². The van der Waals surface area contributed by atoms with Gasteiger partial charge < -0.3 is 0 Å². The van der Waals surface area contributed by atoms with Crippen LogP contribution in [0.15, 0.2) is 16.7 Å². The number of halogens is 1. The molecule has 1 heterocycles. The predicted molar refractivity (Wildman–Crippen MR) is 71.2 cm³/mol. The zero-order valence-electron chi connectivity index (χ0n) is 10.2. The van der Waals surface area contributed by atoms with E-state index >= 15 is 0 Å². The van der Waals surface area contributed by atoms with Crippen LogP contribution >= 0.6 is 15.9 Å². The molecule has 0 aliphatic carbocycles. The normalized spacial score (nSPS) is 12.6. The molecular formula is C9H12BrNO6S2. The van der Waals surface area contributed by atoms with Gasteiger partial charge in [0.25, 0.3) is 20.2 Å². The summed E-state index contributed by atoms with van der Waals surface area (Å²) in [6.07, 6.45) is 3.29. The van der Waals surface area contributed by atoms with E-state index in [0.29, 0.717) is 10.0 Å². The molecule has 108 valence electrons. The molecule has 0 atom stereocenters. The molecule has 0 aromatic carbocycles. The molecule has 0 aliphatic rings. The fraction of sp³-hybridized carbons (Fsp3) is 0.444. The van der Waals surface area contributed by atoms with E-state index in [1.807, 2.05) is 0 Å². The molecule has 0 radical (unpaired) electrons. The summed E-state index contributed by atoms with van der Waals surface area (Å²) >= 11 is 3.18. The van der Waals surface area contributed by atoms with Gasteiger partial charge in [-0.3, -0.25) is 13.4 Å². The van der Waals surface area contributed by atoms with Gasteiger partial charge in [0.15, 0.2) is 0 Å². The Balaban J connectivity index is 2.91. The van der Waals surface area contributed by atoms with E-state index in [1.54, 1.807) is 6.07 Å². The fourth-order valence-electron chi connectivity index (χ4n) is 1.10. The molecule has 1 aromatic rings. The summed E-state index contributed by atoms with van der Waals surface area (Å²) in [4.78, 5) is 3.97. The number of nitrogens with zero attached hydrogens (tertiary/aromatic N) is 1. The third-order valence-corrected chi connectivity index (χ3v) is 3.39. The average Bonchev–Trinajstić information content (AvgIpc) is 2.22. The average molecular weight is 374 g/mol. The second kappa shape index (κ2) is 6.27. The monoisotopic (exact) mass is 373 g/mol. The number of pyridine rings is 1. The van der Waals surface area contributed by atoms with E-state index in [4.69, 9.17) is 0 Å². The van der Waals surface area contributed by atoms with Crippen molar-refractivity contribution >= 4 is 36.2 Å². The van der Waals surface area contributed by atoms with Gasteiger partial charge in [-0.15, -0.1) is 0 Å². The lowest BCUT2D eigenvalue weighted by Gasteiger charge is -2.08. The summed E-state index contributed by atoms with van der Waals surface area (Å²) < 4.78 is 53.6. The molecule has 0 spiro atoms. The summed E-state index contributed by atoms with van der Waals surface area (Å²) in [5, 5.41) is 0. The molecule has 0 amide bonds. The predicted octanol–water partition coefficient (Wildman–Crippen LogP) is 0.797. The van der Waals surface area contributed by atoms with Crippen molar-refractivity contribution in [2.24, 2.45) is 0 Å². The number of hydrogen-bond donors (Lipinski definition) is 0. The lowest BCUT2D eigenvalue weighted by molar-refractivity contribution is 0.288. The molecule has 1 rings (SSSR count). The van der Waals surface area contributed by atoms with Crippen LogP contribution in [-0.4, -0.2) is 34.3 Å². The first-order valence-electron chi connectivity index (χ1n) is 4.89. The molecule has 0 fully saturated rings. The van der Waals surface area contributed by atoms with Crippen molar-refractivity contribution in [2.75, 3.05) is 12.5 Å². The molecule has 7 nitrogen and oxygen atoms in total. The maximum Gasteiger partial charge on any atom is 0.264 e. The molecule has 10 heteroatoms. The lowest BCUT2D eigenvalue weighted by atomic mass is 10.2.